The number of rotatable bonds is 2. The van der Waals surface area contributed by atoms with Gasteiger partial charge in [0, 0.05) is 10.7 Å². The summed E-state index contributed by atoms with van der Waals surface area (Å²) in [4.78, 5) is 5.17. The fraction of sp³-hybridized carbons (Fsp3) is 0. The highest BCUT2D eigenvalue weighted by atomic mass is 79.9. The van der Waals surface area contributed by atoms with Crippen LogP contribution in [-0.2, 0) is 0 Å². The molecule has 0 radical (unpaired) electrons. The van der Waals surface area contributed by atoms with Crippen LogP contribution in [0, 0.1) is 0 Å². The second kappa shape index (κ2) is 5.45. The van der Waals surface area contributed by atoms with Crippen molar-refractivity contribution in [2.75, 3.05) is 0 Å². The van der Waals surface area contributed by atoms with Crippen LogP contribution in [0.15, 0.2) is 59.2 Å². The van der Waals surface area contributed by atoms with Gasteiger partial charge in [0.1, 0.15) is 0 Å². The van der Waals surface area contributed by atoms with Crippen LogP contribution in [0.5, 0.6) is 0 Å². The Labute approximate surface area is 129 Å². The lowest BCUT2D eigenvalue weighted by Crippen LogP contribution is -1.79. The molecule has 0 fully saturated rings. The zero-order chi connectivity index (χ0) is 13.2. The van der Waals surface area contributed by atoms with Gasteiger partial charge >= 0.3 is 0 Å². The van der Waals surface area contributed by atoms with E-state index in [1.807, 2.05) is 18.3 Å². The summed E-state index contributed by atoms with van der Waals surface area (Å²) in [5, 5.41) is 0. The second-order valence-electron chi connectivity index (χ2n) is 4.07. The van der Waals surface area contributed by atoms with E-state index in [9.17, 15) is 0 Å². The Morgan fingerprint density at radius 1 is 0.947 bits per heavy atom. The fourth-order valence-corrected chi connectivity index (χ4v) is 3.08. The Bertz CT molecular complexity index is 706. The maximum absolute atomic E-state index is 5.89. The molecule has 1 nitrogen and oxygen atoms in total. The highest BCUT2D eigenvalue weighted by Crippen LogP contribution is 2.31. The van der Waals surface area contributed by atoms with Crippen molar-refractivity contribution in [3.63, 3.8) is 0 Å². The molecule has 0 N–H and O–H groups in total. The minimum atomic E-state index is 0.573. The van der Waals surface area contributed by atoms with Crippen LogP contribution >= 0.6 is 38.9 Å². The van der Waals surface area contributed by atoms with Crippen LogP contribution in [0.4, 0.5) is 0 Å². The fourth-order valence-electron chi connectivity index (χ4n) is 1.88. The molecule has 0 amide bonds. The van der Waals surface area contributed by atoms with Gasteiger partial charge in [-0.1, -0.05) is 57.9 Å². The third-order valence-electron chi connectivity index (χ3n) is 2.80. The number of thiazole rings is 1. The number of aromatic nitrogens is 1. The molecule has 19 heavy (non-hydrogen) atoms. The lowest BCUT2D eigenvalue weighted by Gasteiger charge is -2.04. The maximum atomic E-state index is 5.89. The zero-order valence-corrected chi connectivity index (χ0v) is 13.0. The van der Waals surface area contributed by atoms with Gasteiger partial charge in [-0.2, -0.15) is 0 Å². The van der Waals surface area contributed by atoms with Crippen molar-refractivity contribution in [1.29, 1.82) is 0 Å². The first-order valence-electron chi connectivity index (χ1n) is 5.70. The van der Waals surface area contributed by atoms with Crippen LogP contribution in [0.1, 0.15) is 0 Å². The Morgan fingerprint density at radius 3 is 2.37 bits per heavy atom. The Hall–Kier alpha value is -1.16. The molecule has 0 unspecified atom stereocenters. The van der Waals surface area contributed by atoms with Crippen LogP contribution in [0.2, 0.25) is 4.47 Å². The van der Waals surface area contributed by atoms with E-state index < -0.39 is 0 Å². The molecule has 0 aliphatic carbocycles. The number of nitrogens with zero attached hydrogens (tertiary/aromatic N) is 1. The van der Waals surface area contributed by atoms with E-state index in [1.165, 1.54) is 22.5 Å². The van der Waals surface area contributed by atoms with Crippen molar-refractivity contribution in [3.8, 4) is 21.6 Å². The Kier molecular flexibility index (Phi) is 3.69. The normalized spacial score (nSPS) is 10.6. The molecule has 0 saturated carbocycles. The summed E-state index contributed by atoms with van der Waals surface area (Å²) >= 11 is 10.8. The van der Waals surface area contributed by atoms with Gasteiger partial charge in [-0.3, -0.25) is 0 Å². The Morgan fingerprint density at radius 2 is 1.68 bits per heavy atom. The van der Waals surface area contributed by atoms with Crippen molar-refractivity contribution in [1.82, 2.24) is 4.98 Å². The first-order valence-corrected chi connectivity index (χ1v) is 7.69. The summed E-state index contributed by atoms with van der Waals surface area (Å²) in [6.07, 6.45) is 1.81. The van der Waals surface area contributed by atoms with E-state index in [4.69, 9.17) is 11.6 Å². The number of halogens is 2. The number of benzene rings is 2. The van der Waals surface area contributed by atoms with Crippen molar-refractivity contribution in [2.24, 2.45) is 0 Å². The molecule has 2 aromatic carbocycles. The maximum Gasteiger partial charge on any atom is 0.184 e. The van der Waals surface area contributed by atoms with E-state index in [-0.39, 0.29) is 0 Å². The summed E-state index contributed by atoms with van der Waals surface area (Å²) in [6, 6.07) is 16.7. The molecule has 0 aliphatic rings. The predicted octanol–water partition coefficient (Wildman–Crippen LogP) is 5.89. The quantitative estimate of drug-likeness (QED) is 0.561. The van der Waals surface area contributed by atoms with Crippen LogP contribution in [-0.4, -0.2) is 4.98 Å². The molecule has 0 atom stereocenters. The van der Waals surface area contributed by atoms with Gasteiger partial charge in [0.2, 0.25) is 0 Å². The molecule has 94 valence electrons. The lowest BCUT2D eigenvalue weighted by atomic mass is 10.0. The summed E-state index contributed by atoms with van der Waals surface area (Å²) in [5.41, 5.74) is 3.53. The molecule has 3 rings (SSSR count). The van der Waals surface area contributed by atoms with Crippen molar-refractivity contribution < 1.29 is 0 Å². The van der Waals surface area contributed by atoms with Gasteiger partial charge < -0.3 is 0 Å². The molecule has 0 spiro atoms. The van der Waals surface area contributed by atoms with E-state index >= 15 is 0 Å². The summed E-state index contributed by atoms with van der Waals surface area (Å²) in [7, 11) is 0. The molecule has 4 heteroatoms. The highest BCUT2D eigenvalue weighted by molar-refractivity contribution is 9.10. The third kappa shape index (κ3) is 2.89. The summed E-state index contributed by atoms with van der Waals surface area (Å²) in [6.45, 7) is 0. The molecular formula is C15H9BrClNS. The first-order chi connectivity index (χ1) is 9.22. The smallest absolute Gasteiger partial charge is 0.184 e. The average molecular weight is 351 g/mol. The zero-order valence-electron chi connectivity index (χ0n) is 9.81. The van der Waals surface area contributed by atoms with Crippen molar-refractivity contribution in [2.45, 2.75) is 0 Å². The van der Waals surface area contributed by atoms with Gasteiger partial charge in [0.15, 0.2) is 4.47 Å². The molecule has 3 aromatic rings. The van der Waals surface area contributed by atoms with Gasteiger partial charge in [0.25, 0.3) is 0 Å². The Balaban J connectivity index is 2.02. The first kappa shape index (κ1) is 12.9. The minimum absolute atomic E-state index is 0.573. The number of hydrogen-bond acceptors (Lipinski definition) is 2. The van der Waals surface area contributed by atoms with Gasteiger partial charge in [-0.25, -0.2) is 4.98 Å². The van der Waals surface area contributed by atoms with E-state index in [0.29, 0.717) is 4.47 Å². The monoisotopic (exact) mass is 349 g/mol. The van der Waals surface area contributed by atoms with Crippen LogP contribution in [0.25, 0.3) is 21.6 Å². The average Bonchev–Trinajstić information content (AvgIpc) is 2.86. The third-order valence-corrected chi connectivity index (χ3v) is 4.49. The second-order valence-corrected chi connectivity index (χ2v) is 6.59. The number of hydrogen-bond donors (Lipinski definition) is 0. The molecule has 0 saturated heterocycles. The molecule has 0 bridgehead atoms. The lowest BCUT2D eigenvalue weighted by molar-refractivity contribution is 1.42. The van der Waals surface area contributed by atoms with E-state index in [2.05, 4.69) is 57.3 Å². The molecule has 0 aliphatic heterocycles. The standard InChI is InChI=1S/C15H9BrClNS/c16-13-6-4-10(5-7-13)11-2-1-3-12(8-11)14-9-18-15(17)19-14/h1-9H. The topological polar surface area (TPSA) is 12.9 Å². The molecule has 1 heterocycles. The van der Waals surface area contributed by atoms with Crippen LogP contribution in [0.3, 0.4) is 0 Å². The summed E-state index contributed by atoms with van der Waals surface area (Å²) < 4.78 is 1.66. The van der Waals surface area contributed by atoms with Crippen molar-refractivity contribution in [3.05, 3.63) is 63.7 Å². The van der Waals surface area contributed by atoms with Gasteiger partial charge in [0.05, 0.1) is 4.88 Å². The molecule has 1 aromatic heterocycles. The van der Waals surface area contributed by atoms with Crippen LogP contribution < -0.4 is 0 Å². The van der Waals surface area contributed by atoms with Gasteiger partial charge in [-0.15, -0.1) is 11.3 Å². The molecular weight excluding hydrogens is 342 g/mol. The van der Waals surface area contributed by atoms with E-state index in [0.717, 1.165) is 14.9 Å². The SMILES string of the molecule is Clc1ncc(-c2cccc(-c3ccc(Br)cc3)c2)s1. The minimum Gasteiger partial charge on any atom is -0.233 e. The predicted molar refractivity (Wildman–Crippen MR) is 85.7 cm³/mol. The van der Waals surface area contributed by atoms with E-state index in [1.54, 1.807) is 0 Å². The largest absolute Gasteiger partial charge is 0.233 e. The van der Waals surface area contributed by atoms with Crippen molar-refractivity contribution >= 4 is 38.9 Å². The summed E-state index contributed by atoms with van der Waals surface area (Å²) in [5.74, 6) is 0. The highest BCUT2D eigenvalue weighted by Gasteiger charge is 2.05. The van der Waals surface area contributed by atoms with Gasteiger partial charge in [-0.05, 0) is 34.9 Å².